The molecule has 0 unspecified atom stereocenters. The summed E-state index contributed by atoms with van der Waals surface area (Å²) in [6, 6.07) is 20.5. The van der Waals surface area contributed by atoms with Crippen LogP contribution in [0.2, 0.25) is 0 Å². The van der Waals surface area contributed by atoms with Crippen molar-refractivity contribution in [1.82, 2.24) is 9.97 Å². The summed E-state index contributed by atoms with van der Waals surface area (Å²) in [7, 11) is 0. The summed E-state index contributed by atoms with van der Waals surface area (Å²) in [4.78, 5) is 22.0. The monoisotopic (exact) mass is 467 g/mol. The van der Waals surface area contributed by atoms with Gasteiger partial charge in [-0.05, 0) is 68.2 Å². The van der Waals surface area contributed by atoms with Crippen molar-refractivity contribution < 1.29 is 4.79 Å². The number of nitrogens with one attached hydrogen (secondary N) is 1. The zero-order valence-corrected chi connectivity index (χ0v) is 20.2. The van der Waals surface area contributed by atoms with Gasteiger partial charge in [-0.3, -0.25) is 9.78 Å². The van der Waals surface area contributed by atoms with Crippen LogP contribution in [0.1, 0.15) is 58.2 Å². The van der Waals surface area contributed by atoms with Crippen LogP contribution in [0.3, 0.4) is 0 Å². The SMILES string of the molecule is Cc1ccc(-c2ccccc2NC(=O)c2csc(C3CCC(Cc4cccnc4)CC3)n2)cc1. The molecule has 1 saturated carbocycles. The van der Waals surface area contributed by atoms with E-state index >= 15 is 0 Å². The number of pyridine rings is 1. The number of amides is 1. The van der Waals surface area contributed by atoms with Crippen LogP contribution in [0.15, 0.2) is 78.4 Å². The molecule has 1 N–H and O–H groups in total. The van der Waals surface area contributed by atoms with Crippen molar-refractivity contribution in [3.63, 3.8) is 0 Å². The summed E-state index contributed by atoms with van der Waals surface area (Å²) in [6.45, 7) is 2.07. The number of aromatic nitrogens is 2. The minimum absolute atomic E-state index is 0.146. The highest BCUT2D eigenvalue weighted by atomic mass is 32.1. The molecule has 2 aromatic heterocycles. The molecule has 0 saturated heterocycles. The van der Waals surface area contributed by atoms with Gasteiger partial charge < -0.3 is 5.32 Å². The maximum atomic E-state index is 13.0. The molecule has 0 atom stereocenters. The summed E-state index contributed by atoms with van der Waals surface area (Å²) < 4.78 is 0. The highest BCUT2D eigenvalue weighted by Crippen LogP contribution is 2.38. The molecule has 1 aliphatic carbocycles. The Morgan fingerprint density at radius 1 is 1.00 bits per heavy atom. The lowest BCUT2D eigenvalue weighted by molar-refractivity contribution is 0.102. The number of nitrogens with zero attached hydrogens (tertiary/aromatic N) is 2. The Balaban J connectivity index is 1.22. The minimum atomic E-state index is -0.146. The van der Waals surface area contributed by atoms with Gasteiger partial charge in [0, 0.05) is 34.9 Å². The third-order valence-corrected chi connectivity index (χ3v) is 7.74. The average molecular weight is 468 g/mol. The number of carbonyl (C=O) groups is 1. The number of hydrogen-bond donors (Lipinski definition) is 1. The largest absolute Gasteiger partial charge is 0.320 e. The number of hydrogen-bond acceptors (Lipinski definition) is 4. The van der Waals surface area contributed by atoms with Crippen molar-refractivity contribution in [2.75, 3.05) is 5.32 Å². The molecular formula is C29H29N3OS. The van der Waals surface area contributed by atoms with Gasteiger partial charge in [-0.15, -0.1) is 11.3 Å². The second-order valence-electron chi connectivity index (χ2n) is 9.22. The van der Waals surface area contributed by atoms with E-state index in [1.165, 1.54) is 24.0 Å². The van der Waals surface area contributed by atoms with Crippen molar-refractivity contribution in [3.05, 3.63) is 100 Å². The number of carbonyl (C=O) groups excluding carboxylic acids is 1. The van der Waals surface area contributed by atoms with E-state index < -0.39 is 0 Å². The second-order valence-corrected chi connectivity index (χ2v) is 10.1. The lowest BCUT2D eigenvalue weighted by Gasteiger charge is -2.27. The molecule has 1 fully saturated rings. The molecule has 0 aliphatic heterocycles. The van der Waals surface area contributed by atoms with E-state index in [0.717, 1.165) is 41.1 Å². The fourth-order valence-corrected chi connectivity index (χ4v) is 5.78. The molecule has 2 heterocycles. The Morgan fingerprint density at radius 3 is 2.56 bits per heavy atom. The predicted octanol–water partition coefficient (Wildman–Crippen LogP) is 7.28. The Hall–Kier alpha value is -3.31. The standard InChI is InChI=1S/C29H29N3OS/c1-20-8-12-23(13-9-20)25-6-2-3-7-26(25)31-28(33)27-19-34-29(32-27)24-14-10-21(11-15-24)17-22-5-4-16-30-18-22/h2-9,12-13,16,18-19,21,24H,10-11,14-15,17H2,1H3,(H,31,33). The van der Waals surface area contributed by atoms with E-state index in [-0.39, 0.29) is 5.91 Å². The van der Waals surface area contributed by atoms with Crippen molar-refractivity contribution in [2.24, 2.45) is 5.92 Å². The van der Waals surface area contributed by atoms with Crippen LogP contribution in [0.4, 0.5) is 5.69 Å². The average Bonchev–Trinajstić information content (AvgIpc) is 3.37. The molecule has 4 nitrogen and oxygen atoms in total. The van der Waals surface area contributed by atoms with Crippen molar-refractivity contribution in [2.45, 2.75) is 44.9 Å². The van der Waals surface area contributed by atoms with Crippen LogP contribution in [-0.2, 0) is 6.42 Å². The fourth-order valence-electron chi connectivity index (χ4n) is 4.81. The van der Waals surface area contributed by atoms with Gasteiger partial charge in [0.2, 0.25) is 0 Å². The van der Waals surface area contributed by atoms with Crippen LogP contribution in [0, 0.1) is 12.8 Å². The molecule has 0 radical (unpaired) electrons. The molecule has 0 bridgehead atoms. The molecule has 1 amide bonds. The molecule has 172 valence electrons. The molecule has 5 rings (SSSR count). The predicted molar refractivity (Wildman–Crippen MR) is 139 cm³/mol. The van der Waals surface area contributed by atoms with Crippen LogP contribution < -0.4 is 5.32 Å². The van der Waals surface area contributed by atoms with E-state index in [1.807, 2.05) is 48.1 Å². The van der Waals surface area contributed by atoms with E-state index in [9.17, 15) is 4.79 Å². The number of aryl methyl sites for hydroxylation is 1. The van der Waals surface area contributed by atoms with Crippen molar-refractivity contribution in [1.29, 1.82) is 0 Å². The summed E-state index contributed by atoms with van der Waals surface area (Å²) >= 11 is 1.62. The topological polar surface area (TPSA) is 54.9 Å². The Labute approximate surface area is 205 Å². The normalized spacial score (nSPS) is 17.9. The molecule has 34 heavy (non-hydrogen) atoms. The van der Waals surface area contributed by atoms with Crippen LogP contribution in [0.5, 0.6) is 0 Å². The maximum Gasteiger partial charge on any atom is 0.275 e. The van der Waals surface area contributed by atoms with Gasteiger partial charge in [0.05, 0.1) is 5.01 Å². The summed E-state index contributed by atoms with van der Waals surface area (Å²) in [5.74, 6) is 1.02. The molecule has 4 aromatic rings. The van der Waals surface area contributed by atoms with Gasteiger partial charge in [0.15, 0.2) is 0 Å². The van der Waals surface area contributed by atoms with E-state index in [1.54, 1.807) is 11.3 Å². The van der Waals surface area contributed by atoms with Gasteiger partial charge >= 0.3 is 0 Å². The third-order valence-electron chi connectivity index (χ3n) is 6.74. The fraction of sp³-hybridized carbons (Fsp3) is 0.276. The lowest BCUT2D eigenvalue weighted by Crippen LogP contribution is -2.16. The number of thiazole rings is 1. The molecule has 2 aromatic carbocycles. The van der Waals surface area contributed by atoms with Gasteiger partial charge in [0.25, 0.3) is 5.91 Å². The van der Waals surface area contributed by atoms with Gasteiger partial charge in [0.1, 0.15) is 5.69 Å². The van der Waals surface area contributed by atoms with E-state index in [2.05, 4.69) is 47.6 Å². The molecule has 1 aliphatic rings. The van der Waals surface area contributed by atoms with Crippen molar-refractivity contribution >= 4 is 22.9 Å². The van der Waals surface area contributed by atoms with Crippen LogP contribution in [0.25, 0.3) is 11.1 Å². The highest BCUT2D eigenvalue weighted by molar-refractivity contribution is 7.10. The van der Waals surface area contributed by atoms with Crippen LogP contribution >= 0.6 is 11.3 Å². The Bertz CT molecular complexity index is 1240. The lowest BCUT2D eigenvalue weighted by atomic mass is 9.80. The summed E-state index contributed by atoms with van der Waals surface area (Å²) in [5.41, 5.74) is 5.95. The van der Waals surface area contributed by atoms with E-state index in [0.29, 0.717) is 17.5 Å². The Kier molecular flexibility index (Phi) is 6.82. The number of rotatable bonds is 6. The second kappa shape index (κ2) is 10.3. The van der Waals surface area contributed by atoms with Crippen molar-refractivity contribution in [3.8, 4) is 11.1 Å². The first-order valence-corrected chi connectivity index (χ1v) is 12.9. The van der Waals surface area contributed by atoms with Gasteiger partial charge in [-0.1, -0.05) is 54.1 Å². The first kappa shape index (κ1) is 22.5. The zero-order valence-electron chi connectivity index (χ0n) is 19.4. The van der Waals surface area contributed by atoms with Crippen LogP contribution in [-0.4, -0.2) is 15.9 Å². The highest BCUT2D eigenvalue weighted by Gasteiger charge is 2.25. The summed E-state index contributed by atoms with van der Waals surface area (Å²) in [5, 5.41) is 6.09. The smallest absolute Gasteiger partial charge is 0.275 e. The zero-order chi connectivity index (χ0) is 23.3. The van der Waals surface area contributed by atoms with E-state index in [4.69, 9.17) is 4.98 Å². The molecular weight excluding hydrogens is 438 g/mol. The van der Waals surface area contributed by atoms with Gasteiger partial charge in [-0.2, -0.15) is 0 Å². The first-order valence-electron chi connectivity index (χ1n) is 12.0. The molecule has 0 spiro atoms. The number of anilines is 1. The quantitative estimate of drug-likeness (QED) is 0.324. The third kappa shape index (κ3) is 5.26. The Morgan fingerprint density at radius 2 is 1.79 bits per heavy atom. The number of para-hydroxylation sites is 1. The first-order chi connectivity index (χ1) is 16.7. The molecule has 5 heteroatoms. The van der Waals surface area contributed by atoms with Gasteiger partial charge in [-0.25, -0.2) is 4.98 Å². The minimum Gasteiger partial charge on any atom is -0.320 e. The maximum absolute atomic E-state index is 13.0. The summed E-state index contributed by atoms with van der Waals surface area (Å²) in [6.07, 6.45) is 9.58. The number of benzene rings is 2.